The highest BCUT2D eigenvalue weighted by Gasteiger charge is 2.13. The Balaban J connectivity index is 2.22. The Morgan fingerprint density at radius 1 is 1.18 bits per heavy atom. The van der Waals surface area contributed by atoms with E-state index in [1.54, 1.807) is 0 Å². The van der Waals surface area contributed by atoms with Crippen molar-refractivity contribution in [2.24, 2.45) is 5.10 Å². The molecule has 1 heterocycles. The lowest BCUT2D eigenvalue weighted by atomic mass is 10.0. The Hall–Kier alpha value is -1.87. The molecule has 3 rings (SSSR count). The molecule has 0 unspecified atom stereocenters. The van der Waals surface area contributed by atoms with E-state index in [1.807, 2.05) is 11.3 Å². The van der Waals surface area contributed by atoms with Crippen molar-refractivity contribution < 1.29 is 0 Å². The van der Waals surface area contributed by atoms with Gasteiger partial charge in [0.1, 0.15) is 0 Å². The van der Waals surface area contributed by atoms with Crippen LogP contribution in [0.2, 0.25) is 0 Å². The van der Waals surface area contributed by atoms with Crippen LogP contribution >= 0.6 is 0 Å². The molecule has 0 fully saturated rings. The van der Waals surface area contributed by atoms with E-state index < -0.39 is 0 Å². The molecule has 2 aromatic carbocycles. The summed E-state index contributed by atoms with van der Waals surface area (Å²) in [5, 5.41) is 8.78. The number of hydrazine groups is 1. The first-order valence-corrected chi connectivity index (χ1v) is 5.91. The highest BCUT2D eigenvalue weighted by molar-refractivity contribution is 5.95. The fraction of sp³-hybridized carbons (Fsp3) is 0.214. The summed E-state index contributed by atoms with van der Waals surface area (Å²) >= 11 is 0. The number of rotatable bonds is 1. The van der Waals surface area contributed by atoms with Gasteiger partial charge in [-0.1, -0.05) is 36.4 Å². The predicted octanol–water partition coefficient (Wildman–Crippen LogP) is 2.85. The second-order valence-corrected chi connectivity index (χ2v) is 4.26. The summed E-state index contributed by atoms with van der Waals surface area (Å²) in [7, 11) is 0. The maximum absolute atomic E-state index is 4.41. The average molecular weight is 225 g/mol. The summed E-state index contributed by atoms with van der Waals surface area (Å²) in [6.07, 6.45) is 2.94. The number of anilines is 1. The minimum atomic E-state index is 0.937. The van der Waals surface area contributed by atoms with Crippen LogP contribution in [0.3, 0.4) is 0 Å². The van der Waals surface area contributed by atoms with Crippen molar-refractivity contribution in [3.05, 3.63) is 42.0 Å². The Bertz CT molecular complexity index is 575. The zero-order chi connectivity index (χ0) is 11.7. The third kappa shape index (κ3) is 1.78. The van der Waals surface area contributed by atoms with E-state index in [4.69, 9.17) is 0 Å². The predicted molar refractivity (Wildman–Crippen MR) is 72.3 cm³/mol. The summed E-state index contributed by atoms with van der Waals surface area (Å²) in [6.45, 7) is 3.06. The molecule has 0 aromatic heterocycles. The lowest BCUT2D eigenvalue weighted by molar-refractivity contribution is 0.635. The van der Waals surface area contributed by atoms with Crippen molar-refractivity contribution >= 4 is 22.7 Å². The van der Waals surface area contributed by atoms with Crippen molar-refractivity contribution in [1.82, 2.24) is 5.43 Å². The molecular formula is C14H15N3. The molecule has 0 spiro atoms. The first kappa shape index (κ1) is 10.3. The van der Waals surface area contributed by atoms with Crippen LogP contribution in [0.5, 0.6) is 0 Å². The van der Waals surface area contributed by atoms with Gasteiger partial charge in [0.15, 0.2) is 0 Å². The van der Waals surface area contributed by atoms with Crippen LogP contribution in [0, 0.1) is 6.92 Å². The molecule has 0 bridgehead atoms. The normalized spacial score (nSPS) is 15.5. The van der Waals surface area contributed by atoms with Crippen LogP contribution in [-0.2, 0) is 0 Å². The molecule has 0 radical (unpaired) electrons. The fourth-order valence-electron chi connectivity index (χ4n) is 2.20. The van der Waals surface area contributed by atoms with Gasteiger partial charge in [0.25, 0.3) is 0 Å². The van der Waals surface area contributed by atoms with Gasteiger partial charge >= 0.3 is 0 Å². The lowest BCUT2D eigenvalue weighted by Gasteiger charge is -2.25. The third-order valence-electron chi connectivity index (χ3n) is 3.05. The van der Waals surface area contributed by atoms with Gasteiger partial charge in [-0.15, -0.1) is 0 Å². The minimum absolute atomic E-state index is 0.937. The second kappa shape index (κ2) is 4.18. The molecule has 2 aromatic rings. The smallest absolute Gasteiger partial charge is 0.0886 e. The SMILES string of the molecule is Cc1ccc2ccccc2c1N1N=CCCN1. The molecule has 17 heavy (non-hydrogen) atoms. The fourth-order valence-corrected chi connectivity index (χ4v) is 2.20. The van der Waals surface area contributed by atoms with Gasteiger partial charge in [0.05, 0.1) is 5.69 Å². The van der Waals surface area contributed by atoms with E-state index >= 15 is 0 Å². The summed E-state index contributed by atoms with van der Waals surface area (Å²) < 4.78 is 0. The molecule has 1 aliphatic heterocycles. The number of nitrogens with one attached hydrogen (secondary N) is 1. The van der Waals surface area contributed by atoms with Gasteiger partial charge in [-0.2, -0.15) is 10.2 Å². The van der Waals surface area contributed by atoms with Crippen LogP contribution in [0.15, 0.2) is 41.5 Å². The number of hydrogen-bond donors (Lipinski definition) is 1. The van der Waals surface area contributed by atoms with Crippen molar-refractivity contribution in [3.8, 4) is 0 Å². The summed E-state index contributed by atoms with van der Waals surface area (Å²) in [6, 6.07) is 12.7. The molecule has 86 valence electrons. The highest BCUT2D eigenvalue weighted by atomic mass is 15.7. The van der Waals surface area contributed by atoms with Crippen LogP contribution in [-0.4, -0.2) is 12.8 Å². The molecule has 0 saturated heterocycles. The van der Waals surface area contributed by atoms with Crippen LogP contribution in [0.4, 0.5) is 5.69 Å². The maximum atomic E-state index is 4.41. The number of fused-ring (bicyclic) bond motifs is 1. The Labute approximate surface area is 101 Å². The van der Waals surface area contributed by atoms with Gasteiger partial charge in [0.2, 0.25) is 0 Å². The second-order valence-electron chi connectivity index (χ2n) is 4.26. The topological polar surface area (TPSA) is 27.6 Å². The minimum Gasteiger partial charge on any atom is -0.213 e. The van der Waals surface area contributed by atoms with Crippen molar-refractivity contribution in [3.63, 3.8) is 0 Å². The number of benzene rings is 2. The van der Waals surface area contributed by atoms with E-state index in [9.17, 15) is 0 Å². The van der Waals surface area contributed by atoms with Crippen molar-refractivity contribution in [1.29, 1.82) is 0 Å². The standard InChI is InChI=1S/C14H15N3/c1-11-7-8-12-5-2-3-6-13(12)14(11)17-15-9-4-10-16-17/h2-3,5-9,16H,4,10H2,1H3. The molecule has 0 atom stereocenters. The van der Waals surface area contributed by atoms with Gasteiger partial charge in [0, 0.05) is 18.1 Å². The number of hydrogen-bond acceptors (Lipinski definition) is 3. The molecule has 0 aliphatic carbocycles. The quantitative estimate of drug-likeness (QED) is 0.808. The van der Waals surface area contributed by atoms with Gasteiger partial charge in [-0.25, -0.2) is 5.43 Å². The molecule has 1 aliphatic rings. The van der Waals surface area contributed by atoms with Crippen LogP contribution in [0.25, 0.3) is 10.8 Å². The van der Waals surface area contributed by atoms with Gasteiger partial charge in [-0.3, -0.25) is 0 Å². The van der Waals surface area contributed by atoms with Crippen LogP contribution < -0.4 is 10.5 Å². The molecule has 3 nitrogen and oxygen atoms in total. The first-order valence-electron chi connectivity index (χ1n) is 5.91. The number of aryl methyl sites for hydroxylation is 1. The maximum Gasteiger partial charge on any atom is 0.0886 e. The molecule has 1 N–H and O–H groups in total. The highest BCUT2D eigenvalue weighted by Crippen LogP contribution is 2.30. The molecule has 0 saturated carbocycles. The van der Waals surface area contributed by atoms with E-state index in [1.165, 1.54) is 16.3 Å². The van der Waals surface area contributed by atoms with E-state index in [0.717, 1.165) is 18.7 Å². The largest absolute Gasteiger partial charge is 0.213 e. The van der Waals surface area contributed by atoms with E-state index in [-0.39, 0.29) is 0 Å². The van der Waals surface area contributed by atoms with Crippen molar-refractivity contribution in [2.45, 2.75) is 13.3 Å². The number of nitrogens with zero attached hydrogens (tertiary/aromatic N) is 2. The Kier molecular flexibility index (Phi) is 2.53. The van der Waals surface area contributed by atoms with Crippen LogP contribution in [0.1, 0.15) is 12.0 Å². The first-order chi connectivity index (χ1) is 8.36. The van der Waals surface area contributed by atoms with Gasteiger partial charge < -0.3 is 0 Å². The molecule has 0 amide bonds. The van der Waals surface area contributed by atoms with E-state index in [0.29, 0.717) is 0 Å². The van der Waals surface area contributed by atoms with Gasteiger partial charge in [-0.05, 0) is 24.3 Å². The number of hydrazone groups is 1. The Morgan fingerprint density at radius 3 is 2.88 bits per heavy atom. The summed E-state index contributed by atoms with van der Waals surface area (Å²) in [4.78, 5) is 0. The average Bonchev–Trinajstić information content (AvgIpc) is 2.39. The lowest BCUT2D eigenvalue weighted by Crippen LogP contribution is -2.38. The van der Waals surface area contributed by atoms with Crippen molar-refractivity contribution in [2.75, 3.05) is 11.7 Å². The molecular weight excluding hydrogens is 210 g/mol. The monoisotopic (exact) mass is 225 g/mol. The zero-order valence-corrected chi connectivity index (χ0v) is 9.85. The molecule has 3 heteroatoms. The zero-order valence-electron chi connectivity index (χ0n) is 9.85. The van der Waals surface area contributed by atoms with E-state index in [2.05, 4.69) is 53.8 Å². The Morgan fingerprint density at radius 2 is 2.06 bits per heavy atom. The summed E-state index contributed by atoms with van der Waals surface area (Å²) in [5.41, 5.74) is 5.69. The summed E-state index contributed by atoms with van der Waals surface area (Å²) in [5.74, 6) is 0. The third-order valence-corrected chi connectivity index (χ3v) is 3.05.